The van der Waals surface area contributed by atoms with Crippen molar-refractivity contribution in [2.45, 2.75) is 104 Å². The lowest BCUT2D eigenvalue weighted by atomic mass is 9.49. The van der Waals surface area contributed by atoms with E-state index in [-0.39, 0.29) is 0 Å². The zero-order valence-corrected chi connectivity index (χ0v) is 13.8. The predicted octanol–water partition coefficient (Wildman–Crippen LogP) is 6.73. The predicted molar refractivity (Wildman–Crippen MR) is 85.4 cm³/mol. The Morgan fingerprint density at radius 3 is 2.21 bits per heavy atom. The van der Waals surface area contributed by atoms with Crippen LogP contribution < -0.4 is 0 Å². The van der Waals surface area contributed by atoms with Gasteiger partial charge in [-0.25, -0.2) is 0 Å². The molecule has 1 spiro atoms. The summed E-state index contributed by atoms with van der Waals surface area (Å²) in [5, 5.41) is 0. The molecule has 0 aromatic rings. The van der Waals surface area contributed by atoms with Gasteiger partial charge in [0.05, 0.1) is 0 Å². The summed E-state index contributed by atoms with van der Waals surface area (Å²) >= 11 is 0. The first-order valence-corrected chi connectivity index (χ1v) is 9.18. The molecule has 0 saturated heterocycles. The van der Waals surface area contributed by atoms with E-state index >= 15 is 0 Å². The smallest absolute Gasteiger partial charge is 0.0215 e. The molecule has 0 amide bonds. The van der Waals surface area contributed by atoms with Gasteiger partial charge in [-0.2, -0.15) is 0 Å². The molecule has 0 heterocycles. The fraction of sp³-hybridized carbons (Fsp3) is 1.00. The van der Waals surface area contributed by atoms with Gasteiger partial charge in [0.2, 0.25) is 0 Å². The Bertz CT molecular complexity index is 261. The van der Waals surface area contributed by atoms with E-state index in [1.54, 1.807) is 19.3 Å². The Hall–Kier alpha value is 0. The molecule has 0 radical (unpaired) electrons. The summed E-state index contributed by atoms with van der Waals surface area (Å²) < 4.78 is 0. The standard InChI is InChI=1S/C19H36/c1-4-6-11-17-12-10-14-18(3,13-7-5-2)19(17)15-8-9-16-19/h17H,4-16H2,1-3H3. The quantitative estimate of drug-likeness (QED) is 0.498. The van der Waals surface area contributed by atoms with E-state index in [1.807, 2.05) is 0 Å². The van der Waals surface area contributed by atoms with Crippen LogP contribution in [-0.4, -0.2) is 0 Å². The number of hydrogen-bond acceptors (Lipinski definition) is 0. The molecule has 0 bridgehead atoms. The monoisotopic (exact) mass is 264 g/mol. The maximum absolute atomic E-state index is 2.67. The summed E-state index contributed by atoms with van der Waals surface area (Å²) in [4.78, 5) is 0. The van der Waals surface area contributed by atoms with Crippen LogP contribution in [0.3, 0.4) is 0 Å². The lowest BCUT2D eigenvalue weighted by Gasteiger charge is -2.56. The highest BCUT2D eigenvalue weighted by atomic mass is 14.6. The van der Waals surface area contributed by atoms with E-state index in [2.05, 4.69) is 20.8 Å². The van der Waals surface area contributed by atoms with Gasteiger partial charge in [0.15, 0.2) is 0 Å². The van der Waals surface area contributed by atoms with Crippen LogP contribution in [0.2, 0.25) is 0 Å². The molecule has 2 fully saturated rings. The van der Waals surface area contributed by atoms with Crippen molar-refractivity contribution in [1.29, 1.82) is 0 Å². The van der Waals surface area contributed by atoms with Crippen molar-refractivity contribution in [2.24, 2.45) is 16.7 Å². The van der Waals surface area contributed by atoms with Gasteiger partial charge in [-0.15, -0.1) is 0 Å². The lowest BCUT2D eigenvalue weighted by molar-refractivity contribution is -0.0605. The van der Waals surface area contributed by atoms with E-state index in [9.17, 15) is 0 Å². The molecule has 2 aliphatic rings. The van der Waals surface area contributed by atoms with Crippen molar-refractivity contribution in [1.82, 2.24) is 0 Å². The number of unbranched alkanes of at least 4 members (excludes halogenated alkanes) is 2. The van der Waals surface area contributed by atoms with E-state index in [4.69, 9.17) is 0 Å². The zero-order valence-electron chi connectivity index (χ0n) is 13.8. The Balaban J connectivity index is 2.16. The Kier molecular flexibility index (Phi) is 5.37. The molecule has 0 aliphatic heterocycles. The first kappa shape index (κ1) is 15.4. The average molecular weight is 264 g/mol. The van der Waals surface area contributed by atoms with E-state index in [0.717, 1.165) is 11.3 Å². The minimum atomic E-state index is 0.677. The lowest BCUT2D eigenvalue weighted by Crippen LogP contribution is -2.47. The highest BCUT2D eigenvalue weighted by molar-refractivity contribution is 5.04. The van der Waals surface area contributed by atoms with Gasteiger partial charge in [-0.05, 0) is 55.3 Å². The van der Waals surface area contributed by atoms with E-state index in [1.165, 1.54) is 64.2 Å². The second kappa shape index (κ2) is 6.64. The van der Waals surface area contributed by atoms with Gasteiger partial charge in [-0.1, -0.05) is 65.7 Å². The van der Waals surface area contributed by atoms with E-state index in [0.29, 0.717) is 5.41 Å². The molecule has 0 N–H and O–H groups in total. The Morgan fingerprint density at radius 2 is 1.58 bits per heavy atom. The Morgan fingerprint density at radius 1 is 0.895 bits per heavy atom. The SMILES string of the molecule is CCCCC1CCCC(C)(CCCC)C12CCCC2. The third kappa shape index (κ3) is 2.88. The first-order valence-electron chi connectivity index (χ1n) is 9.18. The molecule has 0 nitrogen and oxygen atoms in total. The third-order valence-corrected chi connectivity index (χ3v) is 6.75. The van der Waals surface area contributed by atoms with Gasteiger partial charge in [0.1, 0.15) is 0 Å². The van der Waals surface area contributed by atoms with Crippen molar-refractivity contribution in [3.05, 3.63) is 0 Å². The molecule has 2 rings (SSSR count). The zero-order chi connectivity index (χ0) is 13.8. The highest BCUT2D eigenvalue weighted by Gasteiger charge is 2.54. The molecule has 2 atom stereocenters. The summed E-state index contributed by atoms with van der Waals surface area (Å²) in [6.45, 7) is 7.40. The van der Waals surface area contributed by atoms with Crippen molar-refractivity contribution in [3.63, 3.8) is 0 Å². The van der Waals surface area contributed by atoms with Crippen LogP contribution in [0.1, 0.15) is 104 Å². The molecular formula is C19H36. The molecule has 0 heteroatoms. The van der Waals surface area contributed by atoms with Crippen molar-refractivity contribution < 1.29 is 0 Å². The van der Waals surface area contributed by atoms with Crippen LogP contribution >= 0.6 is 0 Å². The van der Waals surface area contributed by atoms with E-state index < -0.39 is 0 Å². The van der Waals surface area contributed by atoms with Crippen LogP contribution in [0, 0.1) is 16.7 Å². The van der Waals surface area contributed by atoms with Gasteiger partial charge in [0, 0.05) is 0 Å². The van der Waals surface area contributed by atoms with Crippen molar-refractivity contribution >= 4 is 0 Å². The summed E-state index contributed by atoms with van der Waals surface area (Å²) in [5.41, 5.74) is 1.42. The number of hydrogen-bond donors (Lipinski definition) is 0. The normalized spacial score (nSPS) is 33.9. The fourth-order valence-corrected chi connectivity index (χ4v) is 5.59. The molecule has 0 aromatic heterocycles. The summed E-state index contributed by atoms with van der Waals surface area (Å²) in [6, 6.07) is 0. The summed E-state index contributed by atoms with van der Waals surface area (Å²) in [5.74, 6) is 1.06. The number of rotatable bonds is 6. The highest BCUT2D eigenvalue weighted by Crippen LogP contribution is 2.64. The first-order chi connectivity index (χ1) is 9.18. The average Bonchev–Trinajstić information content (AvgIpc) is 2.90. The maximum atomic E-state index is 2.67. The van der Waals surface area contributed by atoms with Gasteiger partial charge in [-0.3, -0.25) is 0 Å². The minimum Gasteiger partial charge on any atom is -0.0654 e. The minimum absolute atomic E-state index is 0.677. The fourth-order valence-electron chi connectivity index (χ4n) is 5.59. The van der Waals surface area contributed by atoms with Crippen molar-refractivity contribution in [3.8, 4) is 0 Å². The van der Waals surface area contributed by atoms with Gasteiger partial charge in [0.25, 0.3) is 0 Å². The van der Waals surface area contributed by atoms with Crippen molar-refractivity contribution in [2.75, 3.05) is 0 Å². The molecule has 19 heavy (non-hydrogen) atoms. The van der Waals surface area contributed by atoms with Crippen LogP contribution in [-0.2, 0) is 0 Å². The molecule has 2 saturated carbocycles. The Labute approximate surface area is 121 Å². The van der Waals surface area contributed by atoms with Crippen LogP contribution in [0.25, 0.3) is 0 Å². The van der Waals surface area contributed by atoms with Gasteiger partial charge >= 0.3 is 0 Å². The molecular weight excluding hydrogens is 228 g/mol. The molecule has 112 valence electrons. The van der Waals surface area contributed by atoms with Crippen LogP contribution in [0.15, 0.2) is 0 Å². The summed E-state index contributed by atoms with van der Waals surface area (Å²) in [7, 11) is 0. The third-order valence-electron chi connectivity index (χ3n) is 6.75. The van der Waals surface area contributed by atoms with Crippen LogP contribution in [0.5, 0.6) is 0 Å². The molecule has 2 aliphatic carbocycles. The second-order valence-corrected chi connectivity index (χ2v) is 7.76. The summed E-state index contributed by atoms with van der Waals surface area (Å²) in [6.07, 6.45) is 19.5. The molecule has 2 unspecified atom stereocenters. The topological polar surface area (TPSA) is 0 Å². The van der Waals surface area contributed by atoms with Gasteiger partial charge < -0.3 is 0 Å². The molecule has 0 aromatic carbocycles. The largest absolute Gasteiger partial charge is 0.0654 e. The van der Waals surface area contributed by atoms with Crippen LogP contribution in [0.4, 0.5) is 0 Å². The second-order valence-electron chi connectivity index (χ2n) is 7.76. The maximum Gasteiger partial charge on any atom is -0.0215 e.